The van der Waals surface area contributed by atoms with Gasteiger partial charge in [-0.1, -0.05) is 12.5 Å². The first-order chi connectivity index (χ1) is 18.2. The lowest BCUT2D eigenvalue weighted by Crippen LogP contribution is -2.29. The SMILES string of the molecule is O=C(Nc1ccnc(CN2CCCCC2)c1)c1n[nH]c2ccc(-c3cncc(CN4CCCC4)c3)cc12. The minimum atomic E-state index is -0.237. The van der Waals surface area contributed by atoms with E-state index in [9.17, 15) is 4.79 Å². The van der Waals surface area contributed by atoms with Crippen LogP contribution in [-0.2, 0) is 13.1 Å². The number of nitrogens with zero attached hydrogens (tertiary/aromatic N) is 5. The van der Waals surface area contributed by atoms with Gasteiger partial charge in [0.15, 0.2) is 5.69 Å². The topological polar surface area (TPSA) is 90.0 Å². The number of fused-ring (bicyclic) bond motifs is 1. The molecule has 2 N–H and O–H groups in total. The van der Waals surface area contributed by atoms with E-state index < -0.39 is 0 Å². The Labute approximate surface area is 217 Å². The third-order valence-corrected chi connectivity index (χ3v) is 7.42. The van der Waals surface area contributed by atoms with Crippen LogP contribution < -0.4 is 5.32 Å². The predicted molar refractivity (Wildman–Crippen MR) is 145 cm³/mol. The highest BCUT2D eigenvalue weighted by Gasteiger charge is 2.17. The van der Waals surface area contributed by atoms with Crippen LogP contribution in [0.5, 0.6) is 0 Å². The van der Waals surface area contributed by atoms with Crippen molar-refractivity contribution in [3.63, 3.8) is 0 Å². The van der Waals surface area contributed by atoms with E-state index in [1.165, 1.54) is 37.7 Å². The molecule has 2 aliphatic heterocycles. The zero-order valence-electron chi connectivity index (χ0n) is 21.1. The van der Waals surface area contributed by atoms with Crippen molar-refractivity contribution in [2.45, 2.75) is 45.2 Å². The molecule has 2 saturated heterocycles. The van der Waals surface area contributed by atoms with Crippen LogP contribution in [0, 0.1) is 0 Å². The summed E-state index contributed by atoms with van der Waals surface area (Å²) >= 11 is 0. The third-order valence-electron chi connectivity index (χ3n) is 7.42. The zero-order chi connectivity index (χ0) is 25.0. The van der Waals surface area contributed by atoms with E-state index in [2.05, 4.69) is 47.4 Å². The van der Waals surface area contributed by atoms with Crippen molar-refractivity contribution >= 4 is 22.5 Å². The summed E-state index contributed by atoms with van der Waals surface area (Å²) in [6.07, 6.45) is 11.9. The number of carbonyl (C=O) groups excluding carboxylic acids is 1. The molecule has 4 aromatic rings. The third kappa shape index (κ3) is 5.55. The average Bonchev–Trinajstić information content (AvgIpc) is 3.59. The molecule has 0 radical (unpaired) electrons. The number of benzene rings is 1. The highest BCUT2D eigenvalue weighted by atomic mass is 16.1. The molecular formula is C29H33N7O. The Morgan fingerprint density at radius 2 is 1.65 bits per heavy atom. The van der Waals surface area contributed by atoms with Gasteiger partial charge in [0.1, 0.15) is 0 Å². The first-order valence-electron chi connectivity index (χ1n) is 13.3. The lowest BCUT2D eigenvalue weighted by molar-refractivity contribution is 0.102. The number of H-pyrrole nitrogens is 1. The predicted octanol–water partition coefficient (Wildman–Crippen LogP) is 4.85. The van der Waals surface area contributed by atoms with Gasteiger partial charge in [-0.25, -0.2) is 0 Å². The number of likely N-dealkylation sites (tertiary alicyclic amines) is 2. The van der Waals surface area contributed by atoms with Gasteiger partial charge in [0.05, 0.1) is 11.2 Å². The van der Waals surface area contributed by atoms with Crippen molar-refractivity contribution in [3.8, 4) is 11.1 Å². The lowest BCUT2D eigenvalue weighted by atomic mass is 10.0. The van der Waals surface area contributed by atoms with Gasteiger partial charge in [0, 0.05) is 48.3 Å². The van der Waals surface area contributed by atoms with Crippen molar-refractivity contribution in [2.24, 2.45) is 0 Å². The van der Waals surface area contributed by atoms with Crippen molar-refractivity contribution in [1.82, 2.24) is 30.0 Å². The quantitative estimate of drug-likeness (QED) is 0.381. The van der Waals surface area contributed by atoms with E-state index in [4.69, 9.17) is 0 Å². The van der Waals surface area contributed by atoms with E-state index in [1.54, 1.807) is 6.20 Å². The van der Waals surface area contributed by atoms with Crippen LogP contribution in [0.4, 0.5) is 5.69 Å². The number of rotatable bonds is 7. The summed E-state index contributed by atoms with van der Waals surface area (Å²) < 4.78 is 0. The summed E-state index contributed by atoms with van der Waals surface area (Å²) in [6, 6.07) is 12.0. The fraction of sp³-hybridized carbons (Fsp3) is 0.379. The van der Waals surface area contributed by atoms with E-state index in [0.717, 1.165) is 72.7 Å². The van der Waals surface area contributed by atoms with Gasteiger partial charge < -0.3 is 5.32 Å². The molecule has 190 valence electrons. The number of aromatic nitrogens is 4. The standard InChI is InChI=1S/C29H33N7O/c37-29(32-24-8-9-31-25(16-24)20-36-10-2-1-3-11-36)28-26-15-22(6-7-27(26)33-34-28)23-14-21(17-30-18-23)19-35-12-4-5-13-35/h6-9,14-18H,1-5,10-13,19-20H2,(H,33,34)(H,31,32,37). The van der Waals surface area contributed by atoms with Gasteiger partial charge in [-0.15, -0.1) is 0 Å². The Morgan fingerprint density at radius 3 is 2.49 bits per heavy atom. The van der Waals surface area contributed by atoms with E-state index in [0.29, 0.717) is 5.69 Å². The van der Waals surface area contributed by atoms with Crippen LogP contribution in [0.15, 0.2) is 55.0 Å². The van der Waals surface area contributed by atoms with Crippen LogP contribution in [0.3, 0.4) is 0 Å². The molecule has 0 saturated carbocycles. The van der Waals surface area contributed by atoms with Crippen molar-refractivity contribution < 1.29 is 4.79 Å². The van der Waals surface area contributed by atoms with Crippen molar-refractivity contribution in [2.75, 3.05) is 31.5 Å². The number of aromatic amines is 1. The highest BCUT2D eigenvalue weighted by Crippen LogP contribution is 2.27. The molecule has 6 rings (SSSR count). The van der Waals surface area contributed by atoms with Gasteiger partial charge in [-0.2, -0.15) is 5.10 Å². The van der Waals surface area contributed by atoms with Gasteiger partial charge >= 0.3 is 0 Å². The molecule has 0 unspecified atom stereocenters. The van der Waals surface area contributed by atoms with Crippen molar-refractivity contribution in [3.05, 3.63) is 71.9 Å². The first-order valence-corrected chi connectivity index (χ1v) is 13.3. The Hall–Kier alpha value is -3.62. The number of anilines is 1. The average molecular weight is 496 g/mol. The molecule has 0 aliphatic carbocycles. The molecule has 3 aromatic heterocycles. The van der Waals surface area contributed by atoms with Crippen LogP contribution in [0.1, 0.15) is 53.8 Å². The minimum Gasteiger partial charge on any atom is -0.320 e. The molecule has 0 spiro atoms. The number of pyridine rings is 2. The number of hydrogen-bond donors (Lipinski definition) is 2. The van der Waals surface area contributed by atoms with Crippen LogP contribution in [0.2, 0.25) is 0 Å². The van der Waals surface area contributed by atoms with Crippen LogP contribution >= 0.6 is 0 Å². The fourth-order valence-electron chi connectivity index (χ4n) is 5.48. The molecule has 1 amide bonds. The molecule has 0 atom stereocenters. The number of carbonyl (C=O) groups is 1. The highest BCUT2D eigenvalue weighted by molar-refractivity contribution is 6.11. The molecule has 2 fully saturated rings. The maximum atomic E-state index is 13.2. The van der Waals surface area contributed by atoms with Gasteiger partial charge in [-0.3, -0.25) is 29.7 Å². The van der Waals surface area contributed by atoms with Crippen molar-refractivity contribution in [1.29, 1.82) is 0 Å². The number of amides is 1. The lowest BCUT2D eigenvalue weighted by Gasteiger charge is -2.26. The summed E-state index contributed by atoms with van der Waals surface area (Å²) in [5, 5.41) is 11.2. The summed E-state index contributed by atoms with van der Waals surface area (Å²) in [5.41, 5.74) is 6.19. The fourth-order valence-corrected chi connectivity index (χ4v) is 5.48. The molecule has 0 bridgehead atoms. The first kappa shape index (κ1) is 23.8. The smallest absolute Gasteiger partial charge is 0.276 e. The Balaban J connectivity index is 1.20. The molecular weight excluding hydrogens is 462 g/mol. The molecule has 8 heteroatoms. The summed E-state index contributed by atoms with van der Waals surface area (Å²) in [6.45, 7) is 6.26. The second-order valence-electron chi connectivity index (χ2n) is 10.2. The molecule has 5 heterocycles. The normalized spacial score (nSPS) is 16.9. The second kappa shape index (κ2) is 10.8. The minimum absolute atomic E-state index is 0.237. The summed E-state index contributed by atoms with van der Waals surface area (Å²) in [7, 11) is 0. The maximum Gasteiger partial charge on any atom is 0.276 e. The van der Waals surface area contributed by atoms with E-state index in [-0.39, 0.29) is 5.91 Å². The Kier molecular flexibility index (Phi) is 6.92. The Bertz CT molecular complexity index is 1390. The number of hydrogen-bond acceptors (Lipinski definition) is 6. The monoisotopic (exact) mass is 495 g/mol. The maximum absolute atomic E-state index is 13.2. The largest absolute Gasteiger partial charge is 0.320 e. The Morgan fingerprint density at radius 1 is 0.865 bits per heavy atom. The molecule has 1 aromatic carbocycles. The molecule has 8 nitrogen and oxygen atoms in total. The summed E-state index contributed by atoms with van der Waals surface area (Å²) in [4.78, 5) is 27.2. The van der Waals surface area contributed by atoms with E-state index >= 15 is 0 Å². The van der Waals surface area contributed by atoms with Gasteiger partial charge in [0.25, 0.3) is 5.91 Å². The number of nitrogens with one attached hydrogen (secondary N) is 2. The summed E-state index contributed by atoms with van der Waals surface area (Å²) in [5.74, 6) is -0.237. The van der Waals surface area contributed by atoms with E-state index in [1.807, 2.05) is 36.7 Å². The van der Waals surface area contributed by atoms with Gasteiger partial charge in [-0.05, 0) is 93.3 Å². The molecule has 37 heavy (non-hydrogen) atoms. The van der Waals surface area contributed by atoms with Crippen LogP contribution in [-0.4, -0.2) is 62.1 Å². The molecule has 2 aliphatic rings. The number of piperidine rings is 1. The van der Waals surface area contributed by atoms with Gasteiger partial charge in [0.2, 0.25) is 0 Å². The zero-order valence-corrected chi connectivity index (χ0v) is 21.1. The second-order valence-corrected chi connectivity index (χ2v) is 10.2. The van der Waals surface area contributed by atoms with Crippen LogP contribution in [0.25, 0.3) is 22.0 Å².